The fourth-order valence-corrected chi connectivity index (χ4v) is 1.83. The Morgan fingerprint density at radius 3 is 2.62 bits per heavy atom. The summed E-state index contributed by atoms with van der Waals surface area (Å²) in [5, 5.41) is 10.7. The van der Waals surface area contributed by atoms with Crippen molar-refractivity contribution in [3.8, 4) is 5.75 Å². The average Bonchev–Trinajstić information content (AvgIpc) is 2.20. The number of ketones is 1. The number of nitrogens with zero attached hydrogens (tertiary/aromatic N) is 1. The number of carbonyl (C=O) groups is 1. The lowest BCUT2D eigenvalue weighted by molar-refractivity contribution is -0.385. The van der Waals surface area contributed by atoms with Gasteiger partial charge in [0.15, 0.2) is 5.78 Å². The molecule has 0 heterocycles. The molecule has 1 aromatic carbocycles. The molecule has 5 nitrogen and oxygen atoms in total. The number of rotatable bonds is 4. The van der Waals surface area contributed by atoms with Crippen LogP contribution in [0.25, 0.3) is 0 Å². The van der Waals surface area contributed by atoms with E-state index in [1.165, 1.54) is 19.1 Å². The molecule has 0 aromatic heterocycles. The standard InChI is InChI=1S/C10H10BrNO4/c1-3-16-9-5-7(12(14)15)4-8(6(2)13)10(9)11/h4-5H,3H2,1-2H3. The summed E-state index contributed by atoms with van der Waals surface area (Å²) in [5.41, 5.74) is 0.0921. The summed E-state index contributed by atoms with van der Waals surface area (Å²) >= 11 is 3.20. The van der Waals surface area contributed by atoms with E-state index < -0.39 is 4.92 Å². The van der Waals surface area contributed by atoms with Crippen molar-refractivity contribution in [1.82, 2.24) is 0 Å². The minimum absolute atomic E-state index is 0.156. The van der Waals surface area contributed by atoms with Gasteiger partial charge in [0, 0.05) is 11.6 Å². The number of benzene rings is 1. The van der Waals surface area contributed by atoms with Gasteiger partial charge in [-0.25, -0.2) is 0 Å². The van der Waals surface area contributed by atoms with Crippen molar-refractivity contribution in [3.05, 3.63) is 32.3 Å². The minimum Gasteiger partial charge on any atom is -0.492 e. The summed E-state index contributed by atoms with van der Waals surface area (Å²) in [6.45, 7) is 3.48. The molecule has 1 aromatic rings. The number of halogens is 1. The van der Waals surface area contributed by atoms with Gasteiger partial charge in [-0.05, 0) is 29.8 Å². The number of hydrogen-bond acceptors (Lipinski definition) is 4. The first-order valence-electron chi connectivity index (χ1n) is 4.59. The van der Waals surface area contributed by atoms with Gasteiger partial charge >= 0.3 is 0 Å². The lowest BCUT2D eigenvalue weighted by Crippen LogP contribution is -2.01. The molecule has 0 spiro atoms. The molecule has 0 aliphatic heterocycles. The number of ether oxygens (including phenoxy) is 1. The molecule has 0 N–H and O–H groups in total. The molecule has 0 fully saturated rings. The van der Waals surface area contributed by atoms with Crippen LogP contribution in [0.1, 0.15) is 24.2 Å². The van der Waals surface area contributed by atoms with E-state index in [2.05, 4.69) is 15.9 Å². The Balaban J connectivity index is 3.38. The zero-order valence-corrected chi connectivity index (χ0v) is 10.4. The maximum Gasteiger partial charge on any atom is 0.273 e. The summed E-state index contributed by atoms with van der Waals surface area (Å²) in [5.74, 6) is 0.0541. The fraction of sp³-hybridized carbons (Fsp3) is 0.300. The Kier molecular flexibility index (Phi) is 4.00. The first kappa shape index (κ1) is 12.6. The van der Waals surface area contributed by atoms with Crippen LogP contribution in [-0.4, -0.2) is 17.3 Å². The van der Waals surface area contributed by atoms with E-state index in [1.54, 1.807) is 6.92 Å². The molecular weight excluding hydrogens is 278 g/mol. The van der Waals surface area contributed by atoms with Crippen LogP contribution in [-0.2, 0) is 0 Å². The highest BCUT2D eigenvalue weighted by Crippen LogP contribution is 2.33. The van der Waals surface area contributed by atoms with Gasteiger partial charge in [0.25, 0.3) is 5.69 Å². The molecule has 0 aliphatic rings. The summed E-state index contributed by atoms with van der Waals surface area (Å²) in [4.78, 5) is 21.4. The first-order chi connectivity index (χ1) is 7.47. The molecular formula is C10H10BrNO4. The van der Waals surface area contributed by atoms with Gasteiger partial charge in [0.2, 0.25) is 0 Å². The normalized spacial score (nSPS) is 9.94. The Hall–Kier alpha value is -1.43. The van der Waals surface area contributed by atoms with Crippen molar-refractivity contribution in [3.63, 3.8) is 0 Å². The molecule has 86 valence electrons. The molecule has 0 aliphatic carbocycles. The van der Waals surface area contributed by atoms with Crippen LogP contribution < -0.4 is 4.74 Å². The van der Waals surface area contributed by atoms with Crippen LogP contribution in [0.2, 0.25) is 0 Å². The SMILES string of the molecule is CCOc1cc([N+](=O)[O-])cc(C(C)=O)c1Br. The molecule has 1 rings (SSSR count). The first-order valence-corrected chi connectivity index (χ1v) is 5.38. The summed E-state index contributed by atoms with van der Waals surface area (Å²) in [6, 6.07) is 2.52. The van der Waals surface area contributed by atoms with Gasteiger partial charge in [-0.2, -0.15) is 0 Å². The zero-order valence-electron chi connectivity index (χ0n) is 8.82. The van der Waals surface area contributed by atoms with E-state index in [-0.39, 0.29) is 17.0 Å². The molecule has 16 heavy (non-hydrogen) atoms. The number of hydrogen-bond donors (Lipinski definition) is 0. The van der Waals surface area contributed by atoms with Gasteiger partial charge in [-0.15, -0.1) is 0 Å². The highest BCUT2D eigenvalue weighted by Gasteiger charge is 2.18. The molecule has 0 radical (unpaired) electrons. The van der Waals surface area contributed by atoms with Crippen LogP contribution in [0.15, 0.2) is 16.6 Å². The highest BCUT2D eigenvalue weighted by molar-refractivity contribution is 9.10. The molecule has 0 atom stereocenters. The van der Waals surface area contributed by atoms with Crippen LogP contribution in [0.3, 0.4) is 0 Å². The Morgan fingerprint density at radius 1 is 1.56 bits per heavy atom. The Labute approximate surface area is 101 Å². The van der Waals surface area contributed by atoms with E-state index >= 15 is 0 Å². The molecule has 0 saturated heterocycles. The number of Topliss-reactive ketones (excluding diaryl/α,β-unsaturated/α-hetero) is 1. The number of non-ortho nitro benzene ring substituents is 1. The largest absolute Gasteiger partial charge is 0.492 e. The molecule has 0 amide bonds. The van der Waals surface area contributed by atoms with Crippen molar-refractivity contribution in [2.24, 2.45) is 0 Å². The van der Waals surface area contributed by atoms with Crippen LogP contribution >= 0.6 is 15.9 Å². The highest BCUT2D eigenvalue weighted by atomic mass is 79.9. The lowest BCUT2D eigenvalue weighted by Gasteiger charge is -2.08. The van der Waals surface area contributed by atoms with Gasteiger partial charge in [-0.3, -0.25) is 14.9 Å². The second kappa shape index (κ2) is 5.07. The molecule has 0 unspecified atom stereocenters. The van der Waals surface area contributed by atoms with Gasteiger partial charge in [0.1, 0.15) is 5.75 Å². The Morgan fingerprint density at radius 2 is 2.19 bits per heavy atom. The van der Waals surface area contributed by atoms with E-state index in [9.17, 15) is 14.9 Å². The predicted octanol–water partition coefficient (Wildman–Crippen LogP) is 2.96. The summed E-state index contributed by atoms with van der Waals surface area (Å²) in [6.07, 6.45) is 0. The Bertz CT molecular complexity index is 445. The van der Waals surface area contributed by atoms with Gasteiger partial charge in [-0.1, -0.05) is 0 Å². The number of carbonyl (C=O) groups excluding carboxylic acids is 1. The predicted molar refractivity (Wildman–Crippen MR) is 62.0 cm³/mol. The number of nitro groups is 1. The van der Waals surface area contributed by atoms with Crippen molar-refractivity contribution >= 4 is 27.4 Å². The third-order valence-electron chi connectivity index (χ3n) is 1.91. The topological polar surface area (TPSA) is 69.4 Å². The van der Waals surface area contributed by atoms with Crippen molar-refractivity contribution in [2.75, 3.05) is 6.61 Å². The second-order valence-corrected chi connectivity index (χ2v) is 3.84. The van der Waals surface area contributed by atoms with E-state index in [4.69, 9.17) is 4.74 Å². The third-order valence-corrected chi connectivity index (χ3v) is 2.73. The molecule has 0 saturated carbocycles. The maximum atomic E-state index is 11.3. The number of nitro benzene ring substituents is 1. The maximum absolute atomic E-state index is 11.3. The summed E-state index contributed by atoms with van der Waals surface area (Å²) < 4.78 is 5.67. The van der Waals surface area contributed by atoms with Crippen molar-refractivity contribution < 1.29 is 14.5 Å². The van der Waals surface area contributed by atoms with E-state index in [0.717, 1.165) is 0 Å². The smallest absolute Gasteiger partial charge is 0.273 e. The van der Waals surface area contributed by atoms with Gasteiger partial charge < -0.3 is 4.74 Å². The van der Waals surface area contributed by atoms with E-state index in [0.29, 0.717) is 16.8 Å². The van der Waals surface area contributed by atoms with Crippen molar-refractivity contribution in [1.29, 1.82) is 0 Å². The average molecular weight is 288 g/mol. The minimum atomic E-state index is -0.554. The van der Waals surface area contributed by atoms with Crippen molar-refractivity contribution in [2.45, 2.75) is 13.8 Å². The van der Waals surface area contributed by atoms with Crippen LogP contribution in [0.5, 0.6) is 5.75 Å². The summed E-state index contributed by atoms with van der Waals surface area (Å²) in [7, 11) is 0. The molecule has 6 heteroatoms. The van der Waals surface area contributed by atoms with Gasteiger partial charge in [0.05, 0.1) is 22.1 Å². The molecule has 0 bridgehead atoms. The lowest BCUT2D eigenvalue weighted by atomic mass is 10.1. The van der Waals surface area contributed by atoms with Crippen LogP contribution in [0, 0.1) is 10.1 Å². The zero-order chi connectivity index (χ0) is 12.3. The monoisotopic (exact) mass is 287 g/mol. The fourth-order valence-electron chi connectivity index (χ4n) is 1.21. The quantitative estimate of drug-likeness (QED) is 0.485. The van der Waals surface area contributed by atoms with Crippen LogP contribution in [0.4, 0.5) is 5.69 Å². The second-order valence-electron chi connectivity index (χ2n) is 3.05. The third kappa shape index (κ3) is 2.57. The van der Waals surface area contributed by atoms with E-state index in [1.807, 2.05) is 0 Å².